The van der Waals surface area contributed by atoms with Crippen LogP contribution in [0.25, 0.3) is 0 Å². The maximum absolute atomic E-state index is 12.6. The quantitative estimate of drug-likeness (QED) is 0.291. The smallest absolute Gasteiger partial charge is 0.320 e. The van der Waals surface area contributed by atoms with E-state index in [0.717, 1.165) is 30.1 Å². The van der Waals surface area contributed by atoms with Gasteiger partial charge in [0.05, 0.1) is 0 Å². The first-order chi connectivity index (χ1) is 9.69. The van der Waals surface area contributed by atoms with Crippen LogP contribution in [0.5, 0.6) is 0 Å². The molecule has 0 N–H and O–H groups in total. The van der Waals surface area contributed by atoms with Gasteiger partial charge >= 0.3 is 5.97 Å². The Balaban J connectivity index is 2.08. The van der Waals surface area contributed by atoms with Crippen molar-refractivity contribution in [2.24, 2.45) is 5.41 Å². The maximum atomic E-state index is 12.6. The third kappa shape index (κ3) is 3.74. The van der Waals surface area contributed by atoms with E-state index in [9.17, 15) is 9.59 Å². The van der Waals surface area contributed by atoms with Crippen LogP contribution < -0.4 is 0 Å². The predicted octanol–water partition coefficient (Wildman–Crippen LogP) is 4.21. The summed E-state index contributed by atoms with van der Waals surface area (Å²) in [4.78, 5) is 24.9. The molecule has 0 radical (unpaired) electrons. The Morgan fingerprint density at radius 3 is 2.20 bits per heavy atom. The Kier molecular flexibility index (Phi) is 6.30. The van der Waals surface area contributed by atoms with E-state index in [2.05, 4.69) is 22.6 Å². The van der Waals surface area contributed by atoms with Gasteiger partial charge in [-0.05, 0) is 12.8 Å². The molecule has 0 aromatic carbocycles. The van der Waals surface area contributed by atoms with E-state index >= 15 is 0 Å². The molecule has 20 heavy (non-hydrogen) atoms. The van der Waals surface area contributed by atoms with E-state index in [1.807, 2.05) is 0 Å². The molecular weight excluding hydrogens is 367 g/mol. The van der Waals surface area contributed by atoms with Crippen LogP contribution >= 0.6 is 22.6 Å². The number of alkyl halides is 1. The van der Waals surface area contributed by atoms with Crippen molar-refractivity contribution in [2.45, 2.75) is 76.7 Å². The molecule has 0 amide bonds. The molecule has 1 aliphatic carbocycles. The van der Waals surface area contributed by atoms with Gasteiger partial charge in [0.1, 0.15) is 17.3 Å². The fourth-order valence-corrected chi connectivity index (χ4v) is 3.94. The molecule has 0 bridgehead atoms. The molecular formula is C16H25IO3. The van der Waals surface area contributed by atoms with Crippen molar-refractivity contribution in [3.8, 4) is 0 Å². The maximum Gasteiger partial charge on any atom is 0.320 e. The number of Topliss-reactive ketones (excluding diaryl/α,β-unsaturated/α-hetero) is 1. The van der Waals surface area contributed by atoms with Crippen molar-refractivity contribution in [2.75, 3.05) is 4.43 Å². The normalized spacial score (nSPS) is 33.5. The number of carbonyl (C=O) groups excluding carboxylic acids is 2. The lowest BCUT2D eigenvalue weighted by molar-refractivity contribution is -0.153. The highest BCUT2D eigenvalue weighted by Gasteiger charge is 2.52. The largest absolute Gasteiger partial charge is 0.461 e. The van der Waals surface area contributed by atoms with E-state index in [4.69, 9.17) is 4.74 Å². The van der Waals surface area contributed by atoms with Crippen molar-refractivity contribution in [3.63, 3.8) is 0 Å². The number of halogens is 1. The molecule has 1 saturated heterocycles. The standard InChI is InChI=1S/C16H25IO3/c17-12-13-11-16(15(19)20-13)10-8-6-4-2-1-3-5-7-9-14(16)18/h13H,1-12H2/t13-,16-/m1/s1. The number of ether oxygens (including phenoxy) is 1. The summed E-state index contributed by atoms with van der Waals surface area (Å²) in [5, 5.41) is 0. The Labute approximate surface area is 135 Å². The monoisotopic (exact) mass is 392 g/mol. The minimum Gasteiger partial charge on any atom is -0.461 e. The van der Waals surface area contributed by atoms with Crippen molar-refractivity contribution < 1.29 is 14.3 Å². The Morgan fingerprint density at radius 2 is 1.60 bits per heavy atom. The van der Waals surface area contributed by atoms with Crippen molar-refractivity contribution in [1.82, 2.24) is 0 Å². The molecule has 2 fully saturated rings. The third-order valence-corrected chi connectivity index (χ3v) is 5.69. The molecule has 1 aliphatic heterocycles. The zero-order chi connectivity index (χ0) is 14.4. The van der Waals surface area contributed by atoms with Gasteiger partial charge < -0.3 is 4.74 Å². The first kappa shape index (κ1) is 16.2. The van der Waals surface area contributed by atoms with E-state index in [0.29, 0.717) is 19.3 Å². The number of cyclic esters (lactones) is 1. The average molecular weight is 392 g/mol. The molecule has 2 rings (SSSR count). The molecule has 1 saturated carbocycles. The molecule has 1 spiro atoms. The van der Waals surface area contributed by atoms with Crippen molar-refractivity contribution >= 4 is 34.3 Å². The molecule has 0 aromatic heterocycles. The van der Waals surface area contributed by atoms with Gasteiger partial charge in [0.15, 0.2) is 0 Å². The van der Waals surface area contributed by atoms with Crippen LogP contribution in [0.15, 0.2) is 0 Å². The second-order valence-electron chi connectivity index (χ2n) is 6.22. The van der Waals surface area contributed by atoms with Crippen LogP contribution in [0.2, 0.25) is 0 Å². The van der Waals surface area contributed by atoms with Crippen molar-refractivity contribution in [1.29, 1.82) is 0 Å². The number of ketones is 1. The summed E-state index contributed by atoms with van der Waals surface area (Å²) in [6, 6.07) is 0. The lowest BCUT2D eigenvalue weighted by Crippen LogP contribution is -2.36. The highest BCUT2D eigenvalue weighted by Crippen LogP contribution is 2.42. The Morgan fingerprint density at radius 1 is 1.00 bits per heavy atom. The predicted molar refractivity (Wildman–Crippen MR) is 87.0 cm³/mol. The summed E-state index contributed by atoms with van der Waals surface area (Å²) in [6.45, 7) is 0. The molecule has 1 heterocycles. The van der Waals surface area contributed by atoms with Crippen LogP contribution in [0.1, 0.15) is 70.6 Å². The fourth-order valence-electron chi connectivity index (χ4n) is 3.45. The van der Waals surface area contributed by atoms with Gasteiger partial charge in [0.2, 0.25) is 0 Å². The average Bonchev–Trinajstić information content (AvgIpc) is 2.77. The van der Waals surface area contributed by atoms with Gasteiger partial charge in [-0.25, -0.2) is 0 Å². The van der Waals surface area contributed by atoms with Gasteiger partial charge in [-0.3, -0.25) is 9.59 Å². The SMILES string of the molecule is O=C1CCCCCCCCCC[C@@]12C[C@H](CI)OC2=O. The Hall–Kier alpha value is -0.130. The molecule has 4 heteroatoms. The topological polar surface area (TPSA) is 43.4 Å². The molecule has 2 atom stereocenters. The molecule has 0 unspecified atom stereocenters. The number of hydrogen-bond donors (Lipinski definition) is 0. The van der Waals surface area contributed by atoms with Crippen LogP contribution in [0, 0.1) is 5.41 Å². The molecule has 3 nitrogen and oxygen atoms in total. The summed E-state index contributed by atoms with van der Waals surface area (Å²) in [6.07, 6.45) is 11.0. The zero-order valence-corrected chi connectivity index (χ0v) is 14.3. The summed E-state index contributed by atoms with van der Waals surface area (Å²) >= 11 is 2.24. The Bertz CT molecular complexity index is 356. The number of hydrogen-bond acceptors (Lipinski definition) is 3. The summed E-state index contributed by atoms with van der Waals surface area (Å²) in [5.41, 5.74) is -0.797. The van der Waals surface area contributed by atoms with Crippen molar-refractivity contribution in [3.05, 3.63) is 0 Å². The van der Waals surface area contributed by atoms with E-state index in [1.54, 1.807) is 0 Å². The first-order valence-electron chi connectivity index (χ1n) is 7.99. The van der Waals surface area contributed by atoms with Crippen LogP contribution in [-0.4, -0.2) is 22.3 Å². The number of rotatable bonds is 1. The summed E-state index contributed by atoms with van der Waals surface area (Å²) in [5.74, 6) is -0.0864. The van der Waals surface area contributed by atoms with E-state index in [-0.39, 0.29) is 17.9 Å². The highest BCUT2D eigenvalue weighted by molar-refractivity contribution is 14.1. The van der Waals surface area contributed by atoms with E-state index < -0.39 is 5.41 Å². The first-order valence-corrected chi connectivity index (χ1v) is 9.52. The minimum atomic E-state index is -0.797. The molecule has 0 aromatic rings. The minimum absolute atomic E-state index is 0.0556. The van der Waals surface area contributed by atoms with Gasteiger partial charge in [0, 0.05) is 17.3 Å². The van der Waals surface area contributed by atoms with Gasteiger partial charge in [-0.1, -0.05) is 67.5 Å². The number of esters is 1. The summed E-state index contributed by atoms with van der Waals surface area (Å²) < 4.78 is 6.22. The lowest BCUT2D eigenvalue weighted by Gasteiger charge is -2.23. The zero-order valence-electron chi connectivity index (χ0n) is 12.2. The van der Waals surface area contributed by atoms with Crippen LogP contribution in [0.4, 0.5) is 0 Å². The third-order valence-electron chi connectivity index (χ3n) is 4.70. The second-order valence-corrected chi connectivity index (χ2v) is 7.10. The molecule has 114 valence electrons. The van der Waals surface area contributed by atoms with Gasteiger partial charge in [-0.2, -0.15) is 0 Å². The highest BCUT2D eigenvalue weighted by atomic mass is 127. The van der Waals surface area contributed by atoms with E-state index in [1.165, 1.54) is 25.7 Å². The second kappa shape index (κ2) is 7.76. The molecule has 2 aliphatic rings. The van der Waals surface area contributed by atoms with Crippen LogP contribution in [-0.2, 0) is 14.3 Å². The summed E-state index contributed by atoms with van der Waals surface area (Å²) in [7, 11) is 0. The fraction of sp³-hybridized carbons (Fsp3) is 0.875. The van der Waals surface area contributed by atoms with Gasteiger partial charge in [-0.15, -0.1) is 0 Å². The van der Waals surface area contributed by atoms with Gasteiger partial charge in [0.25, 0.3) is 0 Å². The van der Waals surface area contributed by atoms with Crippen LogP contribution in [0.3, 0.4) is 0 Å². The number of carbonyl (C=O) groups is 2. The lowest BCUT2D eigenvalue weighted by atomic mass is 9.74.